The number of aliphatic hydroxyl groups excluding tert-OH is 1. The minimum atomic E-state index is -4.87. The molecule has 3 aromatic rings. The van der Waals surface area contributed by atoms with Crippen LogP contribution in [0.15, 0.2) is 78.4 Å². The van der Waals surface area contributed by atoms with E-state index in [0.29, 0.717) is 23.5 Å². The summed E-state index contributed by atoms with van der Waals surface area (Å²) < 4.78 is 47.1. The third-order valence-corrected chi connectivity index (χ3v) is 5.66. The summed E-state index contributed by atoms with van der Waals surface area (Å²) in [5.41, 5.74) is 1.62. The number of ketones is 1. The van der Waals surface area contributed by atoms with Crippen molar-refractivity contribution in [1.82, 2.24) is 0 Å². The highest BCUT2D eigenvalue weighted by Gasteiger charge is 2.47. The lowest BCUT2D eigenvalue weighted by Crippen LogP contribution is -2.29. The van der Waals surface area contributed by atoms with E-state index in [4.69, 9.17) is 4.74 Å². The molecule has 4 rings (SSSR count). The Morgan fingerprint density at radius 1 is 1.00 bits per heavy atom. The summed E-state index contributed by atoms with van der Waals surface area (Å²) in [5.74, 6) is -2.05. The molecule has 3 aromatic carbocycles. The summed E-state index contributed by atoms with van der Waals surface area (Å²) >= 11 is 0. The number of aliphatic hydroxyl groups is 1. The highest BCUT2D eigenvalue weighted by Crippen LogP contribution is 2.42. The summed E-state index contributed by atoms with van der Waals surface area (Å²) in [5, 5.41) is 11.2. The molecule has 1 aliphatic heterocycles. The quantitative estimate of drug-likeness (QED) is 0.260. The van der Waals surface area contributed by atoms with Crippen molar-refractivity contribution in [3.05, 3.63) is 95.1 Å². The van der Waals surface area contributed by atoms with Crippen LogP contribution in [0.4, 0.5) is 18.9 Å². The van der Waals surface area contributed by atoms with Gasteiger partial charge in [-0.1, -0.05) is 30.3 Å². The number of hydrogen-bond donors (Lipinski definition) is 1. The molecule has 0 radical (unpaired) electrons. The Morgan fingerprint density at radius 3 is 2.25 bits per heavy atom. The SMILES string of the molecule is CCOc1ccc(/C(O)=C2/C(=O)C(=O)N(c3ccc(OC(F)(F)F)cc3)C2c2ccccc2)cc1C. The highest BCUT2D eigenvalue weighted by atomic mass is 19.4. The number of aryl methyl sites for hydroxylation is 1. The maximum atomic E-state index is 13.2. The zero-order valence-corrected chi connectivity index (χ0v) is 19.4. The third-order valence-electron chi connectivity index (χ3n) is 5.66. The normalized spacial score (nSPS) is 17.4. The second-order valence-electron chi connectivity index (χ2n) is 8.03. The molecule has 1 atom stereocenters. The van der Waals surface area contributed by atoms with Crippen LogP contribution in [0, 0.1) is 6.92 Å². The van der Waals surface area contributed by atoms with Crippen LogP contribution in [0.2, 0.25) is 0 Å². The molecule has 6 nitrogen and oxygen atoms in total. The predicted octanol–water partition coefficient (Wildman–Crippen LogP) is 5.92. The number of rotatable bonds is 6. The van der Waals surface area contributed by atoms with Gasteiger partial charge >= 0.3 is 6.36 Å². The van der Waals surface area contributed by atoms with E-state index in [1.807, 2.05) is 6.92 Å². The van der Waals surface area contributed by atoms with Gasteiger partial charge in [-0.25, -0.2) is 0 Å². The molecule has 0 aliphatic carbocycles. The average molecular weight is 497 g/mol. The number of amides is 1. The monoisotopic (exact) mass is 497 g/mol. The number of benzene rings is 3. The van der Waals surface area contributed by atoms with Crippen molar-refractivity contribution >= 4 is 23.1 Å². The maximum absolute atomic E-state index is 13.2. The Kier molecular flexibility index (Phi) is 6.74. The number of carbonyl (C=O) groups excluding carboxylic acids is 2. The number of Topliss-reactive ketones (excluding diaryl/α,β-unsaturated/α-hetero) is 1. The molecule has 1 N–H and O–H groups in total. The molecule has 1 unspecified atom stereocenters. The molecular formula is C27H22F3NO5. The van der Waals surface area contributed by atoms with E-state index >= 15 is 0 Å². The van der Waals surface area contributed by atoms with E-state index < -0.39 is 29.8 Å². The van der Waals surface area contributed by atoms with E-state index in [0.717, 1.165) is 22.6 Å². The van der Waals surface area contributed by atoms with Gasteiger partial charge in [0.05, 0.1) is 18.2 Å². The first kappa shape index (κ1) is 24.8. The van der Waals surface area contributed by atoms with E-state index in [2.05, 4.69) is 4.74 Å². The summed E-state index contributed by atoms with van der Waals surface area (Å²) in [6.45, 7) is 4.09. The van der Waals surface area contributed by atoms with Gasteiger partial charge in [-0.05, 0) is 67.4 Å². The van der Waals surface area contributed by atoms with Gasteiger partial charge in [-0.15, -0.1) is 13.2 Å². The fraction of sp³-hybridized carbons (Fsp3) is 0.185. The Balaban J connectivity index is 1.82. The van der Waals surface area contributed by atoms with Gasteiger partial charge in [-0.2, -0.15) is 0 Å². The molecule has 0 aromatic heterocycles. The summed E-state index contributed by atoms with van der Waals surface area (Å²) in [6, 6.07) is 17.1. The molecule has 1 saturated heterocycles. The van der Waals surface area contributed by atoms with Gasteiger partial charge in [-0.3, -0.25) is 14.5 Å². The van der Waals surface area contributed by atoms with Crippen LogP contribution in [-0.2, 0) is 9.59 Å². The molecule has 1 heterocycles. The average Bonchev–Trinajstić information content (AvgIpc) is 3.10. The number of carbonyl (C=O) groups is 2. The lowest BCUT2D eigenvalue weighted by atomic mass is 9.94. The number of hydrogen-bond acceptors (Lipinski definition) is 5. The summed E-state index contributed by atoms with van der Waals surface area (Å²) in [7, 11) is 0. The van der Waals surface area contributed by atoms with Crippen LogP contribution in [0.1, 0.15) is 29.7 Å². The number of nitrogens with zero attached hydrogens (tertiary/aromatic N) is 1. The Hall–Kier alpha value is -4.27. The minimum absolute atomic E-state index is 0.134. The van der Waals surface area contributed by atoms with Crippen LogP contribution in [-0.4, -0.2) is 29.8 Å². The number of alkyl halides is 3. The molecule has 36 heavy (non-hydrogen) atoms. The van der Waals surface area contributed by atoms with E-state index in [-0.39, 0.29) is 17.0 Å². The van der Waals surface area contributed by atoms with Crippen molar-refractivity contribution < 1.29 is 37.3 Å². The smallest absolute Gasteiger partial charge is 0.507 e. The lowest BCUT2D eigenvalue weighted by Gasteiger charge is -2.25. The molecule has 186 valence electrons. The molecular weight excluding hydrogens is 475 g/mol. The standard InChI is InChI=1S/C27H22F3NO5/c1-3-35-21-14-9-18(15-16(21)2)24(32)22-23(17-7-5-4-6-8-17)31(26(34)25(22)33)19-10-12-20(13-11-19)36-27(28,29)30/h4-15,23,32H,3H2,1-2H3/b24-22-. The maximum Gasteiger partial charge on any atom is 0.573 e. The van der Waals surface area contributed by atoms with Gasteiger partial charge < -0.3 is 14.6 Å². The molecule has 0 saturated carbocycles. The Labute approximate surface area is 205 Å². The van der Waals surface area contributed by atoms with Crippen LogP contribution in [0.5, 0.6) is 11.5 Å². The van der Waals surface area contributed by atoms with Crippen molar-refractivity contribution in [2.45, 2.75) is 26.3 Å². The van der Waals surface area contributed by atoms with Crippen molar-refractivity contribution in [3.8, 4) is 11.5 Å². The number of ether oxygens (including phenoxy) is 2. The van der Waals surface area contributed by atoms with E-state index in [9.17, 15) is 27.9 Å². The van der Waals surface area contributed by atoms with E-state index in [1.54, 1.807) is 55.5 Å². The highest BCUT2D eigenvalue weighted by molar-refractivity contribution is 6.51. The summed E-state index contributed by atoms with van der Waals surface area (Å²) in [4.78, 5) is 27.5. The fourth-order valence-electron chi connectivity index (χ4n) is 4.13. The van der Waals surface area contributed by atoms with Gasteiger partial charge in [0.25, 0.3) is 11.7 Å². The number of anilines is 1. The van der Waals surface area contributed by atoms with Crippen molar-refractivity contribution in [3.63, 3.8) is 0 Å². The first-order valence-electron chi connectivity index (χ1n) is 11.1. The zero-order valence-electron chi connectivity index (χ0n) is 19.4. The largest absolute Gasteiger partial charge is 0.573 e. The summed E-state index contributed by atoms with van der Waals surface area (Å²) in [6.07, 6.45) is -4.87. The first-order chi connectivity index (χ1) is 17.1. The molecule has 1 fully saturated rings. The molecule has 0 spiro atoms. The predicted molar refractivity (Wildman–Crippen MR) is 127 cm³/mol. The molecule has 0 bridgehead atoms. The first-order valence-corrected chi connectivity index (χ1v) is 11.1. The topological polar surface area (TPSA) is 76.1 Å². The Bertz CT molecular complexity index is 1320. The third kappa shape index (κ3) is 4.91. The van der Waals surface area contributed by atoms with Gasteiger partial charge in [0.15, 0.2) is 0 Å². The van der Waals surface area contributed by atoms with Crippen LogP contribution in [0.3, 0.4) is 0 Å². The molecule has 9 heteroatoms. The lowest BCUT2D eigenvalue weighted by molar-refractivity contribution is -0.274. The molecule has 1 aliphatic rings. The van der Waals surface area contributed by atoms with Crippen LogP contribution >= 0.6 is 0 Å². The van der Waals surface area contributed by atoms with Crippen LogP contribution < -0.4 is 14.4 Å². The van der Waals surface area contributed by atoms with Crippen LogP contribution in [0.25, 0.3) is 5.76 Å². The Morgan fingerprint density at radius 2 is 1.67 bits per heavy atom. The zero-order chi connectivity index (χ0) is 26.0. The second-order valence-corrected chi connectivity index (χ2v) is 8.03. The fourth-order valence-corrected chi connectivity index (χ4v) is 4.13. The second kappa shape index (κ2) is 9.77. The van der Waals surface area contributed by atoms with Gasteiger partial charge in [0.1, 0.15) is 17.3 Å². The van der Waals surface area contributed by atoms with Crippen molar-refractivity contribution in [2.75, 3.05) is 11.5 Å². The van der Waals surface area contributed by atoms with Crippen molar-refractivity contribution in [2.24, 2.45) is 0 Å². The van der Waals surface area contributed by atoms with Crippen molar-refractivity contribution in [1.29, 1.82) is 0 Å². The van der Waals surface area contributed by atoms with Gasteiger partial charge in [0, 0.05) is 11.3 Å². The minimum Gasteiger partial charge on any atom is -0.507 e. The number of halogens is 3. The van der Waals surface area contributed by atoms with Gasteiger partial charge in [0.2, 0.25) is 0 Å². The van der Waals surface area contributed by atoms with E-state index in [1.165, 1.54) is 12.1 Å². The molecule has 1 amide bonds.